The largest absolute Gasteiger partial charge is 0.376 e. The molecular weight excluding hydrogens is 400 g/mol. The van der Waals surface area contributed by atoms with Crippen molar-refractivity contribution >= 4 is 5.96 Å². The minimum absolute atomic E-state index is 0.500. The first-order valence-electron chi connectivity index (χ1n) is 11.2. The van der Waals surface area contributed by atoms with Gasteiger partial charge in [-0.1, -0.05) is 60.7 Å². The van der Waals surface area contributed by atoms with E-state index in [1.165, 1.54) is 11.1 Å². The van der Waals surface area contributed by atoms with E-state index in [2.05, 4.69) is 68.9 Å². The van der Waals surface area contributed by atoms with Crippen LogP contribution in [0.4, 0.5) is 0 Å². The number of nitrogens with zero attached hydrogens (tertiary/aromatic N) is 5. The molecule has 1 atom stereocenters. The Hall–Kier alpha value is -3.19. The topological polar surface area (TPSA) is 67.6 Å². The van der Waals surface area contributed by atoms with Crippen molar-refractivity contribution in [2.75, 3.05) is 19.7 Å². The number of hydrogen-bond donors (Lipinski definition) is 1. The van der Waals surface area contributed by atoms with E-state index in [0.29, 0.717) is 25.6 Å². The number of guanidine groups is 1. The molecule has 1 N–H and O–H groups in total. The molecule has 2 aromatic carbocycles. The van der Waals surface area contributed by atoms with Crippen LogP contribution in [0.25, 0.3) is 0 Å². The Balaban J connectivity index is 1.36. The second-order valence-corrected chi connectivity index (χ2v) is 8.30. The van der Waals surface area contributed by atoms with Crippen LogP contribution in [0.5, 0.6) is 0 Å². The average molecular weight is 433 g/mol. The highest BCUT2D eigenvalue weighted by Gasteiger charge is 2.25. The Kier molecular flexibility index (Phi) is 7.51. The molecule has 168 valence electrons. The highest BCUT2D eigenvalue weighted by molar-refractivity contribution is 5.80. The maximum absolute atomic E-state index is 6.00. The number of hydrogen-bond acceptors (Lipinski definition) is 4. The van der Waals surface area contributed by atoms with Crippen LogP contribution in [0.2, 0.25) is 0 Å². The van der Waals surface area contributed by atoms with Gasteiger partial charge in [0.25, 0.3) is 0 Å². The third kappa shape index (κ3) is 5.95. The number of benzene rings is 2. The molecule has 7 heteroatoms. The van der Waals surface area contributed by atoms with E-state index < -0.39 is 0 Å². The van der Waals surface area contributed by atoms with Gasteiger partial charge in [-0.2, -0.15) is 0 Å². The fourth-order valence-corrected chi connectivity index (χ4v) is 3.86. The Bertz CT molecular complexity index is 1000. The van der Waals surface area contributed by atoms with E-state index in [1.807, 2.05) is 30.7 Å². The monoisotopic (exact) mass is 432 g/mol. The van der Waals surface area contributed by atoms with Gasteiger partial charge in [0.15, 0.2) is 11.8 Å². The summed E-state index contributed by atoms with van der Waals surface area (Å²) in [5.74, 6) is 3.22. The van der Waals surface area contributed by atoms with Crippen LogP contribution in [-0.2, 0) is 31.5 Å². The van der Waals surface area contributed by atoms with Gasteiger partial charge in [-0.15, -0.1) is 10.2 Å². The third-order valence-electron chi connectivity index (χ3n) is 5.89. The minimum Gasteiger partial charge on any atom is -0.376 e. The van der Waals surface area contributed by atoms with Crippen molar-refractivity contribution in [2.24, 2.45) is 18.0 Å². The van der Waals surface area contributed by atoms with Gasteiger partial charge < -0.3 is 19.5 Å². The Morgan fingerprint density at radius 2 is 1.78 bits per heavy atom. The van der Waals surface area contributed by atoms with E-state index in [9.17, 15) is 0 Å². The molecule has 1 fully saturated rings. The van der Waals surface area contributed by atoms with Gasteiger partial charge in [0.2, 0.25) is 0 Å². The van der Waals surface area contributed by atoms with E-state index in [0.717, 1.165) is 43.7 Å². The molecule has 2 heterocycles. The van der Waals surface area contributed by atoms with Gasteiger partial charge in [-0.3, -0.25) is 0 Å². The first-order valence-corrected chi connectivity index (χ1v) is 11.2. The lowest BCUT2D eigenvalue weighted by atomic mass is 10.1. The molecular formula is C25H32N6O. The standard InChI is InChI=1S/C25H32N6O/c1-20-28-29-24(30(20)2)16-27-25(26-15-21-9-5-3-6-10-21)31-14-13-23(17-31)19-32-18-22-11-7-4-8-12-22/h3-12,23H,13-19H2,1-2H3,(H,26,27). The van der Waals surface area contributed by atoms with Gasteiger partial charge >= 0.3 is 0 Å². The molecule has 0 bridgehead atoms. The molecule has 0 radical (unpaired) electrons. The number of rotatable bonds is 8. The summed E-state index contributed by atoms with van der Waals surface area (Å²) in [6.45, 7) is 6.53. The SMILES string of the molecule is Cc1nnc(CNC(=NCc2ccccc2)N2CCC(COCc3ccccc3)C2)n1C. The van der Waals surface area contributed by atoms with Gasteiger partial charge in [0.1, 0.15) is 5.82 Å². The molecule has 32 heavy (non-hydrogen) atoms. The highest BCUT2D eigenvalue weighted by atomic mass is 16.5. The first kappa shape index (κ1) is 22.0. The Morgan fingerprint density at radius 1 is 1.06 bits per heavy atom. The van der Waals surface area contributed by atoms with Crippen molar-refractivity contribution in [3.63, 3.8) is 0 Å². The van der Waals surface area contributed by atoms with Crippen LogP contribution in [-0.4, -0.2) is 45.3 Å². The van der Waals surface area contributed by atoms with Crippen LogP contribution < -0.4 is 5.32 Å². The van der Waals surface area contributed by atoms with Crippen LogP contribution in [0, 0.1) is 12.8 Å². The lowest BCUT2D eigenvalue weighted by Crippen LogP contribution is -2.40. The fraction of sp³-hybridized carbons (Fsp3) is 0.400. The highest BCUT2D eigenvalue weighted by Crippen LogP contribution is 2.18. The summed E-state index contributed by atoms with van der Waals surface area (Å²) >= 11 is 0. The third-order valence-corrected chi connectivity index (χ3v) is 5.89. The summed E-state index contributed by atoms with van der Waals surface area (Å²) < 4.78 is 8.01. The number of nitrogens with one attached hydrogen (secondary N) is 1. The van der Waals surface area contributed by atoms with Crippen molar-refractivity contribution in [1.82, 2.24) is 25.0 Å². The number of aryl methyl sites for hydroxylation is 1. The number of aromatic nitrogens is 3. The van der Waals surface area contributed by atoms with Crippen LogP contribution in [0.3, 0.4) is 0 Å². The second-order valence-electron chi connectivity index (χ2n) is 8.30. The van der Waals surface area contributed by atoms with Crippen molar-refractivity contribution < 1.29 is 4.74 Å². The maximum atomic E-state index is 6.00. The summed E-state index contributed by atoms with van der Waals surface area (Å²) in [6.07, 6.45) is 1.10. The lowest BCUT2D eigenvalue weighted by molar-refractivity contribution is 0.0906. The molecule has 1 saturated heterocycles. The Morgan fingerprint density at radius 3 is 2.47 bits per heavy atom. The molecule has 3 aromatic rings. The van der Waals surface area contributed by atoms with E-state index in [-0.39, 0.29) is 0 Å². The first-order chi connectivity index (χ1) is 15.7. The lowest BCUT2D eigenvalue weighted by Gasteiger charge is -2.22. The number of aliphatic imine (C=N–C) groups is 1. The molecule has 1 unspecified atom stereocenters. The summed E-state index contributed by atoms with van der Waals surface area (Å²) in [7, 11) is 1.99. The van der Waals surface area contributed by atoms with Crippen molar-refractivity contribution in [3.05, 3.63) is 83.4 Å². The summed E-state index contributed by atoms with van der Waals surface area (Å²) in [5, 5.41) is 11.9. The van der Waals surface area contributed by atoms with Gasteiger partial charge in [-0.25, -0.2) is 4.99 Å². The normalized spacial score (nSPS) is 16.5. The quantitative estimate of drug-likeness (QED) is 0.437. The molecule has 1 aliphatic heterocycles. The smallest absolute Gasteiger partial charge is 0.194 e. The fourth-order valence-electron chi connectivity index (χ4n) is 3.86. The van der Waals surface area contributed by atoms with Crippen molar-refractivity contribution in [3.8, 4) is 0 Å². The number of ether oxygens (including phenoxy) is 1. The zero-order valence-electron chi connectivity index (χ0n) is 18.9. The molecule has 1 aliphatic rings. The van der Waals surface area contributed by atoms with Gasteiger partial charge in [0, 0.05) is 26.1 Å². The summed E-state index contributed by atoms with van der Waals surface area (Å²) in [6, 6.07) is 20.7. The molecule has 0 saturated carbocycles. The molecule has 0 amide bonds. The molecule has 7 nitrogen and oxygen atoms in total. The van der Waals surface area contributed by atoms with Crippen molar-refractivity contribution in [1.29, 1.82) is 0 Å². The molecule has 0 spiro atoms. The van der Waals surface area contributed by atoms with Crippen LogP contribution in [0.1, 0.15) is 29.2 Å². The average Bonchev–Trinajstić information content (AvgIpc) is 3.42. The summed E-state index contributed by atoms with van der Waals surface area (Å²) in [5.41, 5.74) is 2.41. The van der Waals surface area contributed by atoms with Gasteiger partial charge in [0.05, 0.1) is 26.3 Å². The predicted molar refractivity (Wildman–Crippen MR) is 126 cm³/mol. The van der Waals surface area contributed by atoms with Gasteiger partial charge in [-0.05, 0) is 24.5 Å². The van der Waals surface area contributed by atoms with E-state index in [4.69, 9.17) is 9.73 Å². The van der Waals surface area contributed by atoms with Crippen molar-refractivity contribution in [2.45, 2.75) is 33.0 Å². The molecule has 0 aliphatic carbocycles. The second kappa shape index (κ2) is 10.9. The number of likely N-dealkylation sites (tertiary alicyclic amines) is 1. The minimum atomic E-state index is 0.500. The van der Waals surface area contributed by atoms with E-state index in [1.54, 1.807) is 0 Å². The van der Waals surface area contributed by atoms with Crippen LogP contribution >= 0.6 is 0 Å². The summed E-state index contributed by atoms with van der Waals surface area (Å²) in [4.78, 5) is 7.26. The Labute approximate surface area is 190 Å². The zero-order chi connectivity index (χ0) is 22.2. The van der Waals surface area contributed by atoms with E-state index >= 15 is 0 Å². The maximum Gasteiger partial charge on any atom is 0.194 e. The molecule has 1 aromatic heterocycles. The zero-order valence-corrected chi connectivity index (χ0v) is 18.9. The molecule has 4 rings (SSSR count). The predicted octanol–water partition coefficient (Wildman–Crippen LogP) is 3.31. The van der Waals surface area contributed by atoms with Crippen LogP contribution in [0.15, 0.2) is 65.7 Å².